The molecule has 148 valence electrons. The lowest BCUT2D eigenvalue weighted by Crippen LogP contribution is -2.66. The zero-order valence-electron chi connectivity index (χ0n) is 16.6. The van der Waals surface area contributed by atoms with Crippen molar-refractivity contribution in [1.82, 2.24) is 25.1 Å². The molecule has 7 nitrogen and oxygen atoms in total. The first-order valence-corrected chi connectivity index (χ1v) is 10.8. The number of hydrogen-bond donors (Lipinski definition) is 2. The quantitative estimate of drug-likeness (QED) is 0.770. The van der Waals surface area contributed by atoms with E-state index >= 15 is 0 Å². The first-order valence-electron chi connectivity index (χ1n) is 10.8. The number of aromatic nitrogens is 4. The van der Waals surface area contributed by atoms with Crippen LogP contribution in [0.3, 0.4) is 0 Å². The normalized spacial score (nSPS) is 24.0. The average Bonchev–Trinajstić information content (AvgIpc) is 3.56. The maximum Gasteiger partial charge on any atom is 0.227 e. The lowest BCUT2D eigenvalue weighted by Gasteiger charge is -2.60. The highest BCUT2D eigenvalue weighted by Gasteiger charge is 2.54. The second-order valence-corrected chi connectivity index (χ2v) is 9.64. The molecule has 28 heavy (non-hydrogen) atoms. The Morgan fingerprint density at radius 2 is 2.04 bits per heavy atom. The third-order valence-corrected chi connectivity index (χ3v) is 7.05. The number of nitrogens with one attached hydrogen (secondary N) is 2. The van der Waals surface area contributed by atoms with E-state index in [1.165, 1.54) is 63.9 Å². The molecular formula is C21H29N7. The summed E-state index contributed by atoms with van der Waals surface area (Å²) in [7, 11) is 2.14. The standard InChI is InChI=1S/C21H29N7/c1-27(16-9-21(10-16)12-28(13-21)11-14-2-3-14)20-22-7-6-18(24-20)23-19-8-17(25-26-19)15-4-5-15/h6-8,14-16H,2-5,9-13H2,1H3,(H2,22,23,24,25,26). The zero-order valence-corrected chi connectivity index (χ0v) is 16.6. The molecule has 2 N–H and O–H groups in total. The first kappa shape index (κ1) is 16.8. The molecule has 7 heteroatoms. The van der Waals surface area contributed by atoms with Gasteiger partial charge in [0.2, 0.25) is 5.95 Å². The summed E-state index contributed by atoms with van der Waals surface area (Å²) in [6.07, 6.45) is 9.83. The Balaban J connectivity index is 1.05. The summed E-state index contributed by atoms with van der Waals surface area (Å²) in [5.74, 6) is 4.13. The molecule has 3 heterocycles. The number of aromatic amines is 1. The van der Waals surface area contributed by atoms with E-state index in [0.29, 0.717) is 17.4 Å². The van der Waals surface area contributed by atoms with Crippen LogP contribution >= 0.6 is 0 Å². The maximum atomic E-state index is 4.73. The fourth-order valence-corrected chi connectivity index (χ4v) is 5.06. The number of likely N-dealkylation sites (tertiary alicyclic amines) is 1. The van der Waals surface area contributed by atoms with Crippen LogP contribution in [-0.4, -0.2) is 57.8 Å². The second-order valence-electron chi connectivity index (χ2n) is 9.64. The Kier molecular flexibility index (Phi) is 3.70. The fraction of sp³-hybridized carbons (Fsp3) is 0.667. The van der Waals surface area contributed by atoms with Crippen molar-refractivity contribution in [3.63, 3.8) is 0 Å². The van der Waals surface area contributed by atoms with Crippen molar-refractivity contribution in [3.05, 3.63) is 24.0 Å². The highest BCUT2D eigenvalue weighted by Crippen LogP contribution is 2.51. The third-order valence-electron chi connectivity index (χ3n) is 7.05. The van der Waals surface area contributed by atoms with E-state index in [-0.39, 0.29) is 0 Å². The summed E-state index contributed by atoms with van der Waals surface area (Å²) in [5, 5.41) is 10.8. The predicted molar refractivity (Wildman–Crippen MR) is 109 cm³/mol. The molecular weight excluding hydrogens is 350 g/mol. The van der Waals surface area contributed by atoms with Gasteiger partial charge in [-0.15, -0.1) is 0 Å². The van der Waals surface area contributed by atoms with Gasteiger partial charge < -0.3 is 15.1 Å². The monoisotopic (exact) mass is 379 g/mol. The predicted octanol–water partition coefficient (Wildman–Crippen LogP) is 3.13. The van der Waals surface area contributed by atoms with Crippen LogP contribution in [0.25, 0.3) is 0 Å². The summed E-state index contributed by atoms with van der Waals surface area (Å²) in [6, 6.07) is 4.57. The molecule has 6 rings (SSSR count). The number of anilines is 3. The van der Waals surface area contributed by atoms with E-state index in [1.807, 2.05) is 12.3 Å². The van der Waals surface area contributed by atoms with Crippen LogP contribution in [0.1, 0.15) is 50.1 Å². The van der Waals surface area contributed by atoms with Gasteiger partial charge in [0.25, 0.3) is 0 Å². The van der Waals surface area contributed by atoms with Gasteiger partial charge >= 0.3 is 0 Å². The van der Waals surface area contributed by atoms with Gasteiger partial charge in [-0.25, -0.2) is 4.98 Å². The molecule has 1 saturated heterocycles. The molecule has 0 bridgehead atoms. The van der Waals surface area contributed by atoms with Crippen molar-refractivity contribution < 1.29 is 0 Å². The van der Waals surface area contributed by atoms with Gasteiger partial charge in [0, 0.05) is 56.6 Å². The van der Waals surface area contributed by atoms with Crippen molar-refractivity contribution in [1.29, 1.82) is 0 Å². The summed E-state index contributed by atoms with van der Waals surface area (Å²) in [6.45, 7) is 3.95. The highest BCUT2D eigenvalue weighted by molar-refractivity contribution is 5.54. The van der Waals surface area contributed by atoms with Crippen LogP contribution in [-0.2, 0) is 0 Å². The first-order chi connectivity index (χ1) is 13.7. The molecule has 2 aromatic heterocycles. The molecule has 1 aliphatic heterocycles. The smallest absolute Gasteiger partial charge is 0.227 e. The molecule has 4 fully saturated rings. The Morgan fingerprint density at radius 1 is 1.21 bits per heavy atom. The lowest BCUT2D eigenvalue weighted by atomic mass is 9.60. The minimum absolute atomic E-state index is 0.560. The van der Waals surface area contributed by atoms with Gasteiger partial charge in [-0.2, -0.15) is 10.1 Å². The molecule has 0 aromatic carbocycles. The van der Waals surface area contributed by atoms with E-state index in [0.717, 1.165) is 23.5 Å². The van der Waals surface area contributed by atoms with Crippen LogP contribution in [0, 0.1) is 11.3 Å². The topological polar surface area (TPSA) is 73.0 Å². The van der Waals surface area contributed by atoms with Gasteiger partial charge in [-0.05, 0) is 55.9 Å². The van der Waals surface area contributed by atoms with Gasteiger partial charge in [0.05, 0.1) is 0 Å². The molecule has 3 saturated carbocycles. The molecule has 0 radical (unpaired) electrons. The van der Waals surface area contributed by atoms with Crippen molar-refractivity contribution in [2.45, 2.75) is 50.5 Å². The van der Waals surface area contributed by atoms with Crippen LogP contribution in [0.15, 0.2) is 18.3 Å². The Labute approximate surface area is 165 Å². The summed E-state index contributed by atoms with van der Waals surface area (Å²) in [5.41, 5.74) is 1.81. The van der Waals surface area contributed by atoms with Crippen molar-refractivity contribution in [3.8, 4) is 0 Å². The molecule has 1 spiro atoms. The molecule has 4 aliphatic rings. The SMILES string of the molecule is CN(c1nccc(Nc2cc(C3CC3)[nH]n2)n1)C1CC2(C1)CN(CC1CC1)C2. The number of rotatable bonds is 7. The van der Waals surface area contributed by atoms with Crippen LogP contribution in [0.4, 0.5) is 17.6 Å². The minimum Gasteiger partial charge on any atom is -0.341 e. The molecule has 0 unspecified atom stereocenters. The van der Waals surface area contributed by atoms with E-state index in [1.54, 1.807) is 0 Å². The van der Waals surface area contributed by atoms with Crippen LogP contribution < -0.4 is 10.2 Å². The second kappa shape index (κ2) is 6.17. The Morgan fingerprint density at radius 3 is 2.79 bits per heavy atom. The number of hydrogen-bond acceptors (Lipinski definition) is 6. The maximum absolute atomic E-state index is 4.73. The summed E-state index contributed by atoms with van der Waals surface area (Å²) >= 11 is 0. The third kappa shape index (κ3) is 3.15. The largest absolute Gasteiger partial charge is 0.341 e. The van der Waals surface area contributed by atoms with Gasteiger partial charge in [0.15, 0.2) is 5.82 Å². The average molecular weight is 380 g/mol. The molecule has 0 atom stereocenters. The fourth-order valence-electron chi connectivity index (χ4n) is 5.06. The van der Waals surface area contributed by atoms with E-state index in [2.05, 4.69) is 43.4 Å². The number of nitrogens with zero attached hydrogens (tertiary/aromatic N) is 5. The van der Waals surface area contributed by atoms with Crippen molar-refractivity contribution >= 4 is 17.6 Å². The summed E-state index contributed by atoms with van der Waals surface area (Å²) < 4.78 is 0. The van der Waals surface area contributed by atoms with Gasteiger partial charge in [-0.3, -0.25) is 5.10 Å². The van der Waals surface area contributed by atoms with E-state index in [9.17, 15) is 0 Å². The van der Waals surface area contributed by atoms with Gasteiger partial charge in [-0.1, -0.05) is 0 Å². The Hall–Kier alpha value is -2.15. The molecule has 2 aromatic rings. The summed E-state index contributed by atoms with van der Waals surface area (Å²) in [4.78, 5) is 14.2. The van der Waals surface area contributed by atoms with Crippen molar-refractivity contribution in [2.75, 3.05) is 36.9 Å². The van der Waals surface area contributed by atoms with Crippen molar-refractivity contribution in [2.24, 2.45) is 11.3 Å². The van der Waals surface area contributed by atoms with Crippen LogP contribution in [0.2, 0.25) is 0 Å². The molecule has 3 aliphatic carbocycles. The number of H-pyrrole nitrogens is 1. The molecule has 0 amide bonds. The minimum atomic E-state index is 0.560. The zero-order chi connectivity index (χ0) is 18.7. The van der Waals surface area contributed by atoms with Crippen LogP contribution in [0.5, 0.6) is 0 Å². The van der Waals surface area contributed by atoms with E-state index in [4.69, 9.17) is 4.98 Å². The van der Waals surface area contributed by atoms with Gasteiger partial charge in [0.1, 0.15) is 5.82 Å². The Bertz CT molecular complexity index is 855. The van der Waals surface area contributed by atoms with E-state index < -0.39 is 0 Å². The highest BCUT2D eigenvalue weighted by atomic mass is 15.3. The lowest BCUT2D eigenvalue weighted by molar-refractivity contribution is -0.0734.